The van der Waals surface area contributed by atoms with Crippen molar-refractivity contribution in [3.63, 3.8) is 0 Å². The van der Waals surface area contributed by atoms with Gasteiger partial charge in [0.25, 0.3) is 10.0 Å². The van der Waals surface area contributed by atoms with E-state index in [0.717, 1.165) is 18.5 Å². The van der Waals surface area contributed by atoms with E-state index in [2.05, 4.69) is 15.1 Å². The van der Waals surface area contributed by atoms with E-state index in [0.29, 0.717) is 12.2 Å². The Hall–Kier alpha value is -1.86. The van der Waals surface area contributed by atoms with Crippen LogP contribution in [0.25, 0.3) is 0 Å². The minimum Gasteiger partial charge on any atom is -0.320 e. The summed E-state index contributed by atoms with van der Waals surface area (Å²) in [5.74, 6) is 0. The number of aryl methyl sites for hydroxylation is 2. The highest BCUT2D eigenvalue weighted by Gasteiger charge is 2.16. The molecule has 2 aromatic rings. The van der Waals surface area contributed by atoms with Crippen LogP contribution in [0.3, 0.4) is 0 Å². The summed E-state index contributed by atoms with van der Waals surface area (Å²) in [5.41, 5.74) is 1.55. The highest BCUT2D eigenvalue weighted by Crippen LogP contribution is 2.16. The zero-order chi connectivity index (χ0) is 15.3. The first-order chi connectivity index (χ1) is 10.0. The molecule has 1 aromatic heterocycles. The van der Waals surface area contributed by atoms with Crippen LogP contribution in [0.2, 0.25) is 0 Å². The number of aromatic nitrogens is 2. The highest BCUT2D eigenvalue weighted by molar-refractivity contribution is 7.92. The first-order valence-corrected chi connectivity index (χ1v) is 8.26. The van der Waals surface area contributed by atoms with Gasteiger partial charge in [-0.1, -0.05) is 12.1 Å². The monoisotopic (exact) mass is 308 g/mol. The molecule has 21 heavy (non-hydrogen) atoms. The Kier molecular flexibility index (Phi) is 4.98. The summed E-state index contributed by atoms with van der Waals surface area (Å²) in [4.78, 5) is 0.175. The van der Waals surface area contributed by atoms with E-state index in [4.69, 9.17) is 0 Å². The molecule has 0 radical (unpaired) electrons. The average Bonchev–Trinajstić information content (AvgIpc) is 2.88. The molecule has 0 atom stereocenters. The zero-order valence-corrected chi connectivity index (χ0v) is 13.0. The van der Waals surface area contributed by atoms with Crippen LogP contribution in [-0.2, 0) is 16.6 Å². The van der Waals surface area contributed by atoms with Gasteiger partial charge >= 0.3 is 0 Å². The standard InChI is InChI=1S/C14H20N4O2S/c1-12-5-3-6-13(9-12)17-21(19,20)14-10-16-18(11-14)8-4-7-15-2/h3,5-6,9-11,15,17H,4,7-8H2,1-2H3. The van der Waals surface area contributed by atoms with E-state index in [1.807, 2.05) is 26.1 Å². The molecule has 0 bridgehead atoms. The van der Waals surface area contributed by atoms with Gasteiger partial charge < -0.3 is 5.32 Å². The van der Waals surface area contributed by atoms with Crippen molar-refractivity contribution >= 4 is 15.7 Å². The lowest BCUT2D eigenvalue weighted by Crippen LogP contribution is -2.13. The fourth-order valence-corrected chi connectivity index (χ4v) is 2.95. The lowest BCUT2D eigenvalue weighted by Gasteiger charge is -2.06. The smallest absolute Gasteiger partial charge is 0.265 e. The second-order valence-electron chi connectivity index (χ2n) is 4.87. The molecule has 0 aliphatic heterocycles. The summed E-state index contributed by atoms with van der Waals surface area (Å²) in [6.45, 7) is 3.46. The summed E-state index contributed by atoms with van der Waals surface area (Å²) < 4.78 is 28.8. The van der Waals surface area contributed by atoms with Gasteiger partial charge in [0, 0.05) is 18.4 Å². The number of rotatable bonds is 7. The van der Waals surface area contributed by atoms with Gasteiger partial charge in [-0.05, 0) is 44.6 Å². The van der Waals surface area contributed by atoms with E-state index in [1.54, 1.807) is 23.0 Å². The van der Waals surface area contributed by atoms with Crippen LogP contribution < -0.4 is 10.0 Å². The Morgan fingerprint density at radius 3 is 2.86 bits per heavy atom. The Labute approximate surface area is 125 Å². The molecular weight excluding hydrogens is 288 g/mol. The number of nitrogens with one attached hydrogen (secondary N) is 2. The number of hydrogen-bond donors (Lipinski definition) is 2. The third-order valence-electron chi connectivity index (χ3n) is 3.00. The Balaban J connectivity index is 2.09. The van der Waals surface area contributed by atoms with E-state index in [1.165, 1.54) is 6.20 Å². The van der Waals surface area contributed by atoms with Crippen LogP contribution in [0.1, 0.15) is 12.0 Å². The summed E-state index contributed by atoms with van der Waals surface area (Å²) in [7, 11) is -1.71. The maximum Gasteiger partial charge on any atom is 0.265 e. The zero-order valence-electron chi connectivity index (χ0n) is 12.2. The molecule has 0 spiro atoms. The van der Waals surface area contributed by atoms with Crippen LogP contribution in [0.4, 0.5) is 5.69 Å². The molecule has 0 saturated heterocycles. The number of sulfonamides is 1. The maximum atomic E-state index is 12.3. The average molecular weight is 308 g/mol. The van der Waals surface area contributed by atoms with Crippen LogP contribution in [0, 0.1) is 6.92 Å². The molecule has 0 unspecified atom stereocenters. The number of nitrogens with zero attached hydrogens (tertiary/aromatic N) is 2. The van der Waals surface area contributed by atoms with Crippen LogP contribution >= 0.6 is 0 Å². The summed E-state index contributed by atoms with van der Waals surface area (Å²) in [5, 5.41) is 7.12. The van der Waals surface area contributed by atoms with Crippen molar-refractivity contribution in [2.75, 3.05) is 18.3 Å². The molecule has 6 nitrogen and oxygen atoms in total. The van der Waals surface area contributed by atoms with Crippen molar-refractivity contribution in [1.29, 1.82) is 0 Å². The Morgan fingerprint density at radius 1 is 1.33 bits per heavy atom. The predicted octanol–water partition coefficient (Wildman–Crippen LogP) is 1.60. The summed E-state index contributed by atoms with van der Waals surface area (Å²) >= 11 is 0. The molecule has 0 saturated carbocycles. The Bertz CT molecular complexity index is 695. The first-order valence-electron chi connectivity index (χ1n) is 6.78. The van der Waals surface area contributed by atoms with Crippen molar-refractivity contribution < 1.29 is 8.42 Å². The van der Waals surface area contributed by atoms with Crippen LogP contribution in [-0.4, -0.2) is 31.8 Å². The fraction of sp³-hybridized carbons (Fsp3) is 0.357. The molecule has 114 valence electrons. The van der Waals surface area contributed by atoms with Crippen molar-refractivity contribution in [3.05, 3.63) is 42.2 Å². The third-order valence-corrected chi connectivity index (χ3v) is 4.34. The van der Waals surface area contributed by atoms with E-state index < -0.39 is 10.0 Å². The number of benzene rings is 1. The van der Waals surface area contributed by atoms with Crippen LogP contribution in [0.15, 0.2) is 41.6 Å². The normalized spacial score (nSPS) is 11.5. The highest BCUT2D eigenvalue weighted by atomic mass is 32.2. The molecule has 0 aliphatic carbocycles. The van der Waals surface area contributed by atoms with Gasteiger partial charge in [-0.2, -0.15) is 5.10 Å². The van der Waals surface area contributed by atoms with Gasteiger partial charge in [0.05, 0.1) is 6.20 Å². The summed E-state index contributed by atoms with van der Waals surface area (Å²) in [6.07, 6.45) is 3.81. The number of anilines is 1. The minimum absolute atomic E-state index is 0.175. The lowest BCUT2D eigenvalue weighted by molar-refractivity contribution is 0.561. The largest absolute Gasteiger partial charge is 0.320 e. The van der Waals surface area contributed by atoms with E-state index in [9.17, 15) is 8.42 Å². The van der Waals surface area contributed by atoms with Gasteiger partial charge in [-0.25, -0.2) is 8.42 Å². The van der Waals surface area contributed by atoms with Gasteiger partial charge in [-0.3, -0.25) is 9.40 Å². The molecule has 0 amide bonds. The van der Waals surface area contributed by atoms with Crippen molar-refractivity contribution in [2.24, 2.45) is 0 Å². The topological polar surface area (TPSA) is 76.0 Å². The molecule has 2 rings (SSSR count). The van der Waals surface area contributed by atoms with Crippen molar-refractivity contribution in [2.45, 2.75) is 24.8 Å². The van der Waals surface area contributed by atoms with E-state index >= 15 is 0 Å². The molecule has 0 fully saturated rings. The molecule has 0 aliphatic rings. The molecule has 1 heterocycles. The second kappa shape index (κ2) is 6.73. The third kappa shape index (κ3) is 4.30. The van der Waals surface area contributed by atoms with E-state index in [-0.39, 0.29) is 4.90 Å². The molecule has 1 aromatic carbocycles. The quantitative estimate of drug-likeness (QED) is 0.762. The summed E-state index contributed by atoms with van der Waals surface area (Å²) in [6, 6.07) is 7.24. The van der Waals surface area contributed by atoms with Crippen molar-refractivity contribution in [1.82, 2.24) is 15.1 Å². The van der Waals surface area contributed by atoms with Gasteiger partial charge in [-0.15, -0.1) is 0 Å². The Morgan fingerprint density at radius 2 is 2.14 bits per heavy atom. The first kappa shape index (κ1) is 15.5. The SMILES string of the molecule is CNCCCn1cc(S(=O)(=O)Nc2cccc(C)c2)cn1. The minimum atomic E-state index is -3.59. The van der Waals surface area contributed by atoms with Crippen LogP contribution in [0.5, 0.6) is 0 Å². The maximum absolute atomic E-state index is 12.3. The number of hydrogen-bond acceptors (Lipinski definition) is 4. The van der Waals surface area contributed by atoms with Gasteiger partial charge in [0.15, 0.2) is 0 Å². The molecule has 2 N–H and O–H groups in total. The second-order valence-corrected chi connectivity index (χ2v) is 6.55. The lowest BCUT2D eigenvalue weighted by atomic mass is 10.2. The van der Waals surface area contributed by atoms with Gasteiger partial charge in [0.1, 0.15) is 4.90 Å². The molecular formula is C14H20N4O2S. The molecule has 7 heteroatoms. The van der Waals surface area contributed by atoms with Crippen molar-refractivity contribution in [3.8, 4) is 0 Å². The predicted molar refractivity (Wildman–Crippen MR) is 82.8 cm³/mol. The fourth-order valence-electron chi connectivity index (χ4n) is 1.95. The van der Waals surface area contributed by atoms with Gasteiger partial charge in [0.2, 0.25) is 0 Å².